The molecular formula is C12H19ClN4S. The van der Waals surface area contributed by atoms with Crippen LogP contribution in [-0.4, -0.2) is 39.2 Å². The quantitative estimate of drug-likeness (QED) is 0.922. The molecule has 1 aromatic rings. The maximum absolute atomic E-state index is 6.10. The van der Waals surface area contributed by atoms with E-state index in [9.17, 15) is 0 Å². The van der Waals surface area contributed by atoms with Crippen molar-refractivity contribution < 1.29 is 0 Å². The summed E-state index contributed by atoms with van der Waals surface area (Å²) in [6, 6.07) is 2.13. The van der Waals surface area contributed by atoms with E-state index < -0.39 is 0 Å². The summed E-state index contributed by atoms with van der Waals surface area (Å²) in [4.78, 5) is 2.51. The number of aromatic nitrogens is 2. The minimum absolute atomic E-state index is 0.673. The third-order valence-electron chi connectivity index (χ3n) is 4.23. The van der Waals surface area contributed by atoms with Gasteiger partial charge in [-0.25, -0.2) is 0 Å². The molecule has 1 aromatic heterocycles. The maximum Gasteiger partial charge on any atom is 0.138 e. The van der Waals surface area contributed by atoms with Crippen LogP contribution in [0.2, 0.25) is 4.34 Å². The van der Waals surface area contributed by atoms with E-state index in [0.29, 0.717) is 6.04 Å². The van der Waals surface area contributed by atoms with Gasteiger partial charge in [-0.2, -0.15) is 0 Å². The van der Waals surface area contributed by atoms with Crippen molar-refractivity contribution in [3.05, 3.63) is 10.0 Å². The van der Waals surface area contributed by atoms with Gasteiger partial charge in [-0.3, -0.25) is 4.90 Å². The van der Waals surface area contributed by atoms with Crippen LogP contribution in [0.3, 0.4) is 0 Å². The zero-order chi connectivity index (χ0) is 12.5. The van der Waals surface area contributed by atoms with Crippen molar-refractivity contribution in [3.63, 3.8) is 0 Å². The van der Waals surface area contributed by atoms with Gasteiger partial charge in [-0.05, 0) is 32.2 Å². The number of hydrogen-bond acceptors (Lipinski definition) is 5. The van der Waals surface area contributed by atoms with Gasteiger partial charge in [-0.1, -0.05) is 23.0 Å². The van der Waals surface area contributed by atoms with Crippen LogP contribution in [0.25, 0.3) is 0 Å². The lowest BCUT2D eigenvalue weighted by Gasteiger charge is -2.36. The molecule has 2 atom stereocenters. The Morgan fingerprint density at radius 1 is 1.39 bits per heavy atom. The first kappa shape index (κ1) is 12.8. The highest BCUT2D eigenvalue weighted by Gasteiger charge is 2.35. The molecule has 2 bridgehead atoms. The Bertz CT molecular complexity index is 399. The Kier molecular flexibility index (Phi) is 3.84. The van der Waals surface area contributed by atoms with Crippen molar-refractivity contribution in [2.45, 2.75) is 57.3 Å². The maximum atomic E-state index is 6.10. The van der Waals surface area contributed by atoms with Crippen LogP contribution in [0, 0.1) is 0 Å². The minimum Gasteiger partial charge on any atom is -0.311 e. The number of hydrogen-bond donors (Lipinski definition) is 1. The lowest BCUT2D eigenvalue weighted by Crippen LogP contribution is -2.48. The van der Waals surface area contributed by atoms with Crippen LogP contribution in [0.1, 0.15) is 38.3 Å². The van der Waals surface area contributed by atoms with E-state index in [-0.39, 0.29) is 0 Å². The SMILES string of the molecule is CCN(Cc1nnsc1Cl)C1CC2CCC(C1)N2. The highest BCUT2D eigenvalue weighted by atomic mass is 35.5. The van der Waals surface area contributed by atoms with Crippen molar-refractivity contribution in [3.8, 4) is 0 Å². The van der Waals surface area contributed by atoms with Gasteiger partial charge >= 0.3 is 0 Å². The Morgan fingerprint density at radius 2 is 2.11 bits per heavy atom. The van der Waals surface area contributed by atoms with Gasteiger partial charge in [0, 0.05) is 36.2 Å². The van der Waals surface area contributed by atoms with Crippen molar-refractivity contribution in [2.24, 2.45) is 0 Å². The Labute approximate surface area is 117 Å². The zero-order valence-corrected chi connectivity index (χ0v) is 12.2. The molecule has 2 saturated heterocycles. The molecule has 0 spiro atoms. The van der Waals surface area contributed by atoms with E-state index in [1.54, 1.807) is 0 Å². The highest BCUT2D eigenvalue weighted by molar-refractivity contribution is 7.10. The summed E-state index contributed by atoms with van der Waals surface area (Å²) in [5.41, 5.74) is 0.939. The number of piperidine rings is 1. The molecule has 0 amide bonds. The van der Waals surface area contributed by atoms with Crippen LogP contribution in [0.4, 0.5) is 0 Å². The second-order valence-electron chi connectivity index (χ2n) is 5.32. The Balaban J connectivity index is 1.67. The molecule has 2 unspecified atom stereocenters. The van der Waals surface area contributed by atoms with Crippen LogP contribution >= 0.6 is 23.1 Å². The average molecular weight is 287 g/mol. The van der Waals surface area contributed by atoms with Crippen LogP contribution < -0.4 is 5.32 Å². The molecule has 2 aliphatic rings. The molecule has 1 N–H and O–H groups in total. The smallest absolute Gasteiger partial charge is 0.138 e. The summed E-state index contributed by atoms with van der Waals surface area (Å²) in [6.45, 7) is 4.12. The van der Waals surface area contributed by atoms with E-state index in [1.807, 2.05) is 0 Å². The van der Waals surface area contributed by atoms with Crippen molar-refractivity contribution in [1.29, 1.82) is 0 Å². The molecule has 2 aliphatic heterocycles. The van der Waals surface area contributed by atoms with Crippen molar-refractivity contribution in [1.82, 2.24) is 19.8 Å². The van der Waals surface area contributed by atoms with Crippen molar-refractivity contribution >= 4 is 23.1 Å². The molecule has 4 nitrogen and oxygen atoms in total. The molecule has 3 rings (SSSR count). The van der Waals surface area contributed by atoms with Gasteiger partial charge in [0.1, 0.15) is 10.0 Å². The number of nitrogens with zero attached hydrogens (tertiary/aromatic N) is 3. The third kappa shape index (κ3) is 2.54. The summed E-state index contributed by atoms with van der Waals surface area (Å²) >= 11 is 7.39. The van der Waals surface area contributed by atoms with E-state index in [4.69, 9.17) is 11.6 Å². The predicted molar refractivity (Wildman–Crippen MR) is 74.0 cm³/mol. The molecular weight excluding hydrogens is 268 g/mol. The van der Waals surface area contributed by atoms with Crippen LogP contribution in [0.15, 0.2) is 0 Å². The van der Waals surface area contributed by atoms with E-state index >= 15 is 0 Å². The summed E-state index contributed by atoms with van der Waals surface area (Å²) < 4.78 is 4.66. The largest absolute Gasteiger partial charge is 0.311 e. The average Bonchev–Trinajstić information content (AvgIpc) is 2.92. The fourth-order valence-corrected chi connectivity index (χ4v) is 3.92. The van der Waals surface area contributed by atoms with Gasteiger partial charge in [0.05, 0.1) is 0 Å². The summed E-state index contributed by atoms with van der Waals surface area (Å²) in [5.74, 6) is 0. The van der Waals surface area contributed by atoms with E-state index in [2.05, 4.69) is 26.7 Å². The molecule has 0 aliphatic carbocycles. The molecule has 2 fully saturated rings. The topological polar surface area (TPSA) is 41.1 Å². The number of halogens is 1. The summed E-state index contributed by atoms with van der Waals surface area (Å²) in [5, 5.41) is 7.82. The second kappa shape index (κ2) is 5.41. The third-order valence-corrected chi connectivity index (χ3v) is 5.22. The number of fused-ring (bicyclic) bond motifs is 2. The van der Waals surface area contributed by atoms with Gasteiger partial charge < -0.3 is 5.32 Å². The molecule has 3 heterocycles. The molecule has 6 heteroatoms. The van der Waals surface area contributed by atoms with Gasteiger partial charge in [0.25, 0.3) is 0 Å². The molecule has 0 radical (unpaired) electrons. The fraction of sp³-hybridized carbons (Fsp3) is 0.833. The van der Waals surface area contributed by atoms with Crippen LogP contribution in [-0.2, 0) is 6.54 Å². The molecule has 0 aromatic carbocycles. The highest BCUT2D eigenvalue weighted by Crippen LogP contribution is 2.31. The Morgan fingerprint density at radius 3 is 2.67 bits per heavy atom. The normalized spacial score (nSPS) is 31.2. The first-order valence-corrected chi connectivity index (χ1v) is 7.88. The first-order valence-electron chi connectivity index (χ1n) is 6.73. The first-order chi connectivity index (χ1) is 8.76. The lowest BCUT2D eigenvalue weighted by atomic mass is 9.98. The lowest BCUT2D eigenvalue weighted by molar-refractivity contribution is 0.139. The fourth-order valence-electron chi connectivity index (χ4n) is 3.31. The zero-order valence-electron chi connectivity index (χ0n) is 10.6. The minimum atomic E-state index is 0.673. The van der Waals surface area contributed by atoms with E-state index in [0.717, 1.165) is 35.2 Å². The van der Waals surface area contributed by atoms with Gasteiger partial charge in [-0.15, -0.1) is 5.10 Å². The van der Waals surface area contributed by atoms with E-state index in [1.165, 1.54) is 37.2 Å². The molecule has 100 valence electrons. The molecule has 0 saturated carbocycles. The monoisotopic (exact) mass is 286 g/mol. The van der Waals surface area contributed by atoms with Crippen LogP contribution in [0.5, 0.6) is 0 Å². The number of rotatable bonds is 4. The summed E-state index contributed by atoms with van der Waals surface area (Å²) in [7, 11) is 0. The second-order valence-corrected chi connectivity index (χ2v) is 6.68. The molecule has 18 heavy (non-hydrogen) atoms. The van der Waals surface area contributed by atoms with Gasteiger partial charge in [0.2, 0.25) is 0 Å². The van der Waals surface area contributed by atoms with Crippen molar-refractivity contribution in [2.75, 3.05) is 6.54 Å². The summed E-state index contributed by atoms with van der Waals surface area (Å²) in [6.07, 6.45) is 5.22. The number of nitrogens with one attached hydrogen (secondary N) is 1. The van der Waals surface area contributed by atoms with Gasteiger partial charge in [0.15, 0.2) is 0 Å². The Hall–Kier alpha value is -0.230. The standard InChI is InChI=1S/C12H19ClN4S/c1-2-17(7-11-12(13)18-16-15-11)10-5-8-3-4-9(6-10)14-8/h8-10,14H,2-7H2,1H3. The predicted octanol–water partition coefficient (Wildman–Crippen LogP) is 2.30.